The number of carbonyl (C=O) groups is 4. The zero-order valence-electron chi connectivity index (χ0n) is 44.6. The number of carbonyl (C=O) groups excluding carboxylic acids is 4. The van der Waals surface area contributed by atoms with Crippen LogP contribution in [0.1, 0.15) is 85.9 Å². The molecule has 414 valence electrons. The quantitative estimate of drug-likeness (QED) is 0.0694. The summed E-state index contributed by atoms with van der Waals surface area (Å²) in [6.45, 7) is 3.88. The molecule has 84 heavy (non-hydrogen) atoms. The molecule has 0 bridgehead atoms. The Kier molecular flexibility index (Phi) is 14.8. The Morgan fingerprint density at radius 2 is 0.750 bits per heavy atom. The van der Waals surface area contributed by atoms with Crippen molar-refractivity contribution in [2.75, 3.05) is 0 Å². The Morgan fingerprint density at radius 1 is 0.381 bits per heavy atom. The molecular weight excluding hydrogens is 1080 g/mol. The number of ether oxygens (including phenoxy) is 2. The SMILES string of the molecule is Cc1ccc(C(=O)c2cccc(C(=O)c3ccc(Oc4ccc(C(c5ccc(Oc6ccc(C(=O)c7cccc(C(=O)c8ccc(-c9ccc(C)c(-c%10nc%11ccccc%11o%10)c9)cc8)c7)cc6)cc5)(C(F)(F)F)C(F)(F)F)cc4)cc3)c2)cc1. The van der Waals surface area contributed by atoms with Crippen molar-refractivity contribution in [2.45, 2.75) is 31.6 Å². The Morgan fingerprint density at radius 3 is 1.15 bits per heavy atom. The van der Waals surface area contributed by atoms with Crippen molar-refractivity contribution in [2.24, 2.45) is 0 Å². The molecule has 0 N–H and O–H groups in total. The molecule has 11 aromatic rings. The number of hydrogen-bond donors (Lipinski definition) is 0. The molecule has 0 unspecified atom stereocenters. The smallest absolute Gasteiger partial charge is 0.411 e. The molecule has 14 heteroatoms. The molecule has 8 nitrogen and oxygen atoms in total. The lowest BCUT2D eigenvalue weighted by atomic mass is 9.73. The van der Waals surface area contributed by atoms with E-state index in [1.165, 1.54) is 60.7 Å². The summed E-state index contributed by atoms with van der Waals surface area (Å²) in [7, 11) is 0. The van der Waals surface area contributed by atoms with Crippen molar-refractivity contribution in [3.63, 3.8) is 0 Å². The van der Waals surface area contributed by atoms with E-state index in [1.54, 1.807) is 60.7 Å². The van der Waals surface area contributed by atoms with E-state index in [2.05, 4.69) is 4.98 Å². The van der Waals surface area contributed by atoms with E-state index in [1.807, 2.05) is 80.6 Å². The number of alkyl halides is 6. The summed E-state index contributed by atoms with van der Waals surface area (Å²) < 4.78 is 109. The third-order valence-electron chi connectivity index (χ3n) is 14.5. The Bertz CT molecular complexity index is 4240. The van der Waals surface area contributed by atoms with Gasteiger partial charge in [-0.25, -0.2) is 4.98 Å². The van der Waals surface area contributed by atoms with E-state index in [4.69, 9.17) is 13.9 Å². The lowest BCUT2D eigenvalue weighted by Crippen LogP contribution is -2.54. The van der Waals surface area contributed by atoms with Gasteiger partial charge in [-0.2, -0.15) is 26.3 Å². The topological polar surface area (TPSA) is 113 Å². The molecule has 0 radical (unpaired) electrons. The van der Waals surface area contributed by atoms with E-state index in [9.17, 15) is 19.2 Å². The highest BCUT2D eigenvalue weighted by Gasteiger charge is 2.72. The van der Waals surface area contributed by atoms with E-state index >= 15 is 26.3 Å². The van der Waals surface area contributed by atoms with Gasteiger partial charge in [-0.15, -0.1) is 0 Å². The van der Waals surface area contributed by atoms with Gasteiger partial charge in [0.05, 0.1) is 0 Å². The average Bonchev–Trinajstić information content (AvgIpc) is 1.97. The third-order valence-corrected chi connectivity index (χ3v) is 14.5. The fourth-order valence-corrected chi connectivity index (χ4v) is 9.96. The van der Waals surface area contributed by atoms with Crippen LogP contribution < -0.4 is 9.47 Å². The van der Waals surface area contributed by atoms with Crippen LogP contribution in [0.5, 0.6) is 23.0 Å². The van der Waals surface area contributed by atoms with E-state index in [-0.39, 0.29) is 62.4 Å². The lowest BCUT2D eigenvalue weighted by molar-refractivity contribution is -0.288. The molecule has 1 heterocycles. The molecule has 0 saturated carbocycles. The van der Waals surface area contributed by atoms with Gasteiger partial charge in [-0.3, -0.25) is 19.2 Å². The predicted molar refractivity (Wildman–Crippen MR) is 306 cm³/mol. The van der Waals surface area contributed by atoms with Crippen LogP contribution in [0.4, 0.5) is 26.3 Å². The van der Waals surface area contributed by atoms with Crippen LogP contribution in [0.2, 0.25) is 0 Å². The van der Waals surface area contributed by atoms with Gasteiger partial charge in [0.1, 0.15) is 28.5 Å². The van der Waals surface area contributed by atoms with Crippen LogP contribution >= 0.6 is 0 Å². The monoisotopic (exact) mass is 1130 g/mol. The van der Waals surface area contributed by atoms with Crippen LogP contribution in [-0.2, 0) is 5.41 Å². The van der Waals surface area contributed by atoms with Gasteiger partial charge in [-0.05, 0) is 145 Å². The number of ketones is 4. The first-order chi connectivity index (χ1) is 40.3. The zero-order chi connectivity index (χ0) is 58.9. The number of hydrogen-bond acceptors (Lipinski definition) is 8. The molecule has 0 aliphatic rings. The summed E-state index contributed by atoms with van der Waals surface area (Å²) in [5.41, 5.74) is 1.68. The van der Waals surface area contributed by atoms with Crippen molar-refractivity contribution in [1.82, 2.24) is 4.98 Å². The number of para-hydroxylation sites is 2. The molecule has 11 rings (SSSR count). The highest BCUT2D eigenvalue weighted by molar-refractivity contribution is 6.14. The molecule has 0 saturated heterocycles. The van der Waals surface area contributed by atoms with Gasteiger partial charge >= 0.3 is 12.4 Å². The summed E-state index contributed by atoms with van der Waals surface area (Å²) in [5.74, 6) is -0.773. The molecule has 0 spiro atoms. The number of aromatic nitrogens is 1. The molecule has 0 atom stereocenters. The summed E-state index contributed by atoms with van der Waals surface area (Å²) in [6.07, 6.45) is -11.8. The van der Waals surface area contributed by atoms with Gasteiger partial charge in [-0.1, -0.05) is 139 Å². The summed E-state index contributed by atoms with van der Waals surface area (Å²) in [6, 6.07) is 58.4. The van der Waals surface area contributed by atoms with Crippen molar-refractivity contribution >= 4 is 34.2 Å². The first-order valence-electron chi connectivity index (χ1n) is 26.3. The highest BCUT2D eigenvalue weighted by atomic mass is 19.4. The maximum absolute atomic E-state index is 15.2. The van der Waals surface area contributed by atoms with Crippen molar-refractivity contribution < 1.29 is 59.4 Å². The van der Waals surface area contributed by atoms with Crippen LogP contribution in [0.25, 0.3) is 33.7 Å². The maximum Gasteiger partial charge on any atom is 0.411 e. The molecule has 0 aliphatic carbocycles. The number of fused-ring (bicyclic) bond motifs is 1. The maximum atomic E-state index is 15.2. The van der Waals surface area contributed by atoms with E-state index < -0.39 is 40.5 Å². The van der Waals surface area contributed by atoms with E-state index in [0.29, 0.717) is 52.4 Å². The summed E-state index contributed by atoms with van der Waals surface area (Å²) >= 11 is 0. The Balaban J connectivity index is 0.737. The van der Waals surface area contributed by atoms with Gasteiger partial charge in [0.2, 0.25) is 11.3 Å². The number of halogens is 6. The molecule has 0 fully saturated rings. The fourth-order valence-electron chi connectivity index (χ4n) is 9.96. The van der Waals surface area contributed by atoms with Crippen LogP contribution in [0.15, 0.2) is 241 Å². The van der Waals surface area contributed by atoms with Gasteiger partial charge in [0.25, 0.3) is 0 Å². The number of aryl methyl sites for hydroxylation is 2. The van der Waals surface area contributed by atoms with Crippen molar-refractivity contribution in [3.8, 4) is 45.6 Å². The summed E-state index contributed by atoms with van der Waals surface area (Å²) in [5, 5.41) is 0. The molecular formula is C70H45F6NO7. The number of nitrogens with zero attached hydrogens (tertiary/aromatic N) is 1. The largest absolute Gasteiger partial charge is 0.457 e. The van der Waals surface area contributed by atoms with Crippen LogP contribution in [-0.4, -0.2) is 40.5 Å². The van der Waals surface area contributed by atoms with Crippen molar-refractivity contribution in [3.05, 3.63) is 303 Å². The number of oxazole rings is 1. The Labute approximate surface area is 477 Å². The third kappa shape index (κ3) is 11.0. The van der Waals surface area contributed by atoms with Crippen LogP contribution in [0.3, 0.4) is 0 Å². The van der Waals surface area contributed by atoms with E-state index in [0.717, 1.165) is 57.6 Å². The average molecular weight is 1130 g/mol. The molecule has 0 amide bonds. The lowest BCUT2D eigenvalue weighted by Gasteiger charge is -2.38. The predicted octanol–water partition coefficient (Wildman–Crippen LogP) is 17.7. The Hall–Kier alpha value is -10.5. The minimum atomic E-state index is -5.88. The van der Waals surface area contributed by atoms with Gasteiger partial charge in [0.15, 0.2) is 28.7 Å². The highest BCUT2D eigenvalue weighted by Crippen LogP contribution is 2.56. The van der Waals surface area contributed by atoms with Gasteiger partial charge in [0, 0.05) is 50.1 Å². The first kappa shape index (κ1) is 55.4. The molecule has 10 aromatic carbocycles. The van der Waals surface area contributed by atoms with Crippen molar-refractivity contribution in [1.29, 1.82) is 0 Å². The zero-order valence-corrected chi connectivity index (χ0v) is 44.6. The minimum Gasteiger partial charge on any atom is -0.457 e. The molecule has 1 aromatic heterocycles. The summed E-state index contributed by atoms with van der Waals surface area (Å²) in [4.78, 5) is 58.6. The second-order valence-corrected chi connectivity index (χ2v) is 20.0. The normalized spacial score (nSPS) is 11.8. The van der Waals surface area contributed by atoms with Gasteiger partial charge < -0.3 is 13.9 Å². The number of benzene rings is 10. The second kappa shape index (κ2) is 22.5. The standard InChI is InChI=1S/C70H45F6NO7/c1-42-13-16-45(17-14-42)63(78)50-7-5-9-52(39-50)65(80)47-23-31-56(32-24-47)82-58-35-27-54(28-36-58)68(69(71,72)73,70(74,75)76)55-29-37-59(38-30-55)83-57-33-25-48(26-34-57)66(81)53-10-6-8-51(40-53)64(79)46-21-19-44(20-22-46)49-18-15-43(2)60(41-49)67-77-61-11-3-4-12-62(61)84-67/h3-41H,1-2H3. The van der Waals surface area contributed by atoms with Crippen LogP contribution in [0, 0.1) is 13.8 Å². The number of rotatable bonds is 16. The first-order valence-corrected chi connectivity index (χ1v) is 26.3. The second-order valence-electron chi connectivity index (χ2n) is 20.0. The molecule has 0 aliphatic heterocycles. The fraction of sp³-hybridized carbons (Fsp3) is 0.0714. The minimum absolute atomic E-state index is 0.0795.